The molecular weight excluding hydrogens is 238 g/mol. The molecule has 0 spiro atoms. The molecule has 5 heteroatoms. The highest BCUT2D eigenvalue weighted by atomic mass is 79.9. The lowest BCUT2D eigenvalue weighted by molar-refractivity contribution is 0.0696. The number of benzene rings is 1. The van der Waals surface area contributed by atoms with Crippen LogP contribution in [0.1, 0.15) is 10.4 Å². The average Bonchev–Trinajstić information content (AvgIpc) is 2.52. The molecule has 1 heterocycles. The summed E-state index contributed by atoms with van der Waals surface area (Å²) in [4.78, 5) is 10.7. The van der Waals surface area contributed by atoms with Crippen molar-refractivity contribution in [3.63, 3.8) is 0 Å². The summed E-state index contributed by atoms with van der Waals surface area (Å²) in [6.07, 6.45) is 1.53. The molecule has 0 atom stereocenters. The minimum atomic E-state index is -0.995. The Kier molecular flexibility index (Phi) is 1.81. The van der Waals surface area contributed by atoms with Crippen LogP contribution in [0.3, 0.4) is 0 Å². The first-order valence-electron chi connectivity index (χ1n) is 3.46. The van der Waals surface area contributed by atoms with Gasteiger partial charge in [-0.2, -0.15) is 0 Å². The SMILES string of the molecule is O=C(O)c1ccc2cnoc2c1Br. The van der Waals surface area contributed by atoms with Crippen molar-refractivity contribution in [1.82, 2.24) is 5.16 Å². The summed E-state index contributed by atoms with van der Waals surface area (Å²) in [5, 5.41) is 13.1. The first kappa shape index (κ1) is 8.25. The van der Waals surface area contributed by atoms with Gasteiger partial charge in [-0.25, -0.2) is 4.79 Å². The number of nitrogens with zero attached hydrogens (tertiary/aromatic N) is 1. The van der Waals surface area contributed by atoms with Gasteiger partial charge in [0.25, 0.3) is 0 Å². The highest BCUT2D eigenvalue weighted by Gasteiger charge is 2.13. The van der Waals surface area contributed by atoms with E-state index in [0.29, 0.717) is 10.1 Å². The van der Waals surface area contributed by atoms with Gasteiger partial charge >= 0.3 is 5.97 Å². The predicted molar refractivity (Wildman–Crippen MR) is 48.7 cm³/mol. The third-order valence-electron chi connectivity index (χ3n) is 1.69. The summed E-state index contributed by atoms with van der Waals surface area (Å²) in [6, 6.07) is 3.16. The lowest BCUT2D eigenvalue weighted by Crippen LogP contribution is -1.96. The van der Waals surface area contributed by atoms with Gasteiger partial charge in [-0.05, 0) is 28.1 Å². The Labute approximate surface area is 81.3 Å². The smallest absolute Gasteiger partial charge is 0.336 e. The molecule has 0 amide bonds. The standard InChI is InChI=1S/C8H4BrNO3/c9-6-5(8(11)12)2-1-4-3-10-13-7(4)6/h1-3H,(H,11,12). The second-order valence-electron chi connectivity index (χ2n) is 2.48. The van der Waals surface area contributed by atoms with E-state index in [4.69, 9.17) is 9.63 Å². The maximum absolute atomic E-state index is 10.7. The van der Waals surface area contributed by atoms with E-state index in [1.165, 1.54) is 12.3 Å². The largest absolute Gasteiger partial charge is 0.478 e. The number of hydrogen-bond acceptors (Lipinski definition) is 3. The van der Waals surface area contributed by atoms with Crippen molar-refractivity contribution in [2.24, 2.45) is 0 Å². The van der Waals surface area contributed by atoms with Gasteiger partial charge in [0, 0.05) is 5.39 Å². The Hall–Kier alpha value is -1.36. The van der Waals surface area contributed by atoms with Gasteiger partial charge in [-0.15, -0.1) is 0 Å². The van der Waals surface area contributed by atoms with Gasteiger partial charge in [-0.3, -0.25) is 0 Å². The molecule has 13 heavy (non-hydrogen) atoms. The number of aromatic carboxylic acids is 1. The fraction of sp³-hybridized carbons (Fsp3) is 0. The molecule has 1 aromatic carbocycles. The zero-order valence-corrected chi connectivity index (χ0v) is 7.91. The molecule has 0 aliphatic carbocycles. The molecule has 0 fully saturated rings. The van der Waals surface area contributed by atoms with Gasteiger partial charge in [0.2, 0.25) is 0 Å². The molecule has 0 unspecified atom stereocenters. The fourth-order valence-corrected chi connectivity index (χ4v) is 1.67. The lowest BCUT2D eigenvalue weighted by Gasteiger charge is -1.96. The normalized spacial score (nSPS) is 10.5. The number of hydrogen-bond donors (Lipinski definition) is 1. The van der Waals surface area contributed by atoms with Crippen molar-refractivity contribution in [1.29, 1.82) is 0 Å². The van der Waals surface area contributed by atoms with E-state index in [2.05, 4.69) is 21.1 Å². The van der Waals surface area contributed by atoms with E-state index in [0.717, 1.165) is 5.39 Å². The van der Waals surface area contributed by atoms with Crippen LogP contribution in [-0.2, 0) is 0 Å². The quantitative estimate of drug-likeness (QED) is 0.833. The summed E-state index contributed by atoms with van der Waals surface area (Å²) in [7, 11) is 0. The molecule has 4 nitrogen and oxygen atoms in total. The molecule has 0 aliphatic heterocycles. The third kappa shape index (κ3) is 1.21. The summed E-state index contributed by atoms with van der Waals surface area (Å²) < 4.78 is 5.31. The Morgan fingerprint density at radius 1 is 1.54 bits per heavy atom. The number of halogens is 1. The molecule has 0 radical (unpaired) electrons. The van der Waals surface area contributed by atoms with E-state index in [1.54, 1.807) is 6.07 Å². The van der Waals surface area contributed by atoms with Gasteiger partial charge < -0.3 is 9.63 Å². The van der Waals surface area contributed by atoms with Crippen molar-refractivity contribution in [2.75, 3.05) is 0 Å². The van der Waals surface area contributed by atoms with Crippen LogP contribution in [0, 0.1) is 0 Å². The molecule has 1 N–H and O–H groups in total. The van der Waals surface area contributed by atoms with Crippen LogP contribution in [0.5, 0.6) is 0 Å². The minimum absolute atomic E-state index is 0.171. The van der Waals surface area contributed by atoms with Crippen molar-refractivity contribution in [3.05, 3.63) is 28.4 Å². The number of fused-ring (bicyclic) bond motifs is 1. The van der Waals surface area contributed by atoms with Crippen molar-refractivity contribution < 1.29 is 14.4 Å². The Balaban J connectivity index is 2.80. The first-order valence-corrected chi connectivity index (χ1v) is 4.25. The Morgan fingerprint density at radius 2 is 2.31 bits per heavy atom. The fourth-order valence-electron chi connectivity index (χ4n) is 1.07. The highest BCUT2D eigenvalue weighted by molar-refractivity contribution is 9.10. The van der Waals surface area contributed by atoms with Crippen LogP contribution in [0.25, 0.3) is 11.0 Å². The molecular formula is C8H4BrNO3. The monoisotopic (exact) mass is 241 g/mol. The second kappa shape index (κ2) is 2.85. The summed E-state index contributed by atoms with van der Waals surface area (Å²) in [5.74, 6) is -0.995. The van der Waals surface area contributed by atoms with E-state index >= 15 is 0 Å². The van der Waals surface area contributed by atoms with Crippen LogP contribution < -0.4 is 0 Å². The molecule has 2 aromatic rings. The van der Waals surface area contributed by atoms with E-state index in [1.807, 2.05) is 0 Å². The van der Waals surface area contributed by atoms with Crippen LogP contribution >= 0.6 is 15.9 Å². The molecule has 0 bridgehead atoms. The Morgan fingerprint density at radius 3 is 3.00 bits per heavy atom. The number of carboxylic acid groups (broad SMARTS) is 1. The average molecular weight is 242 g/mol. The Bertz CT molecular complexity index is 477. The van der Waals surface area contributed by atoms with Crippen molar-refractivity contribution in [3.8, 4) is 0 Å². The highest BCUT2D eigenvalue weighted by Crippen LogP contribution is 2.27. The van der Waals surface area contributed by atoms with Gasteiger partial charge in [-0.1, -0.05) is 5.16 Å². The predicted octanol–water partition coefficient (Wildman–Crippen LogP) is 2.29. The molecule has 0 aliphatic rings. The van der Waals surface area contributed by atoms with E-state index in [-0.39, 0.29) is 5.56 Å². The van der Waals surface area contributed by atoms with Gasteiger partial charge in [0.1, 0.15) is 0 Å². The maximum atomic E-state index is 10.7. The summed E-state index contributed by atoms with van der Waals surface area (Å²) in [5.41, 5.74) is 0.629. The molecule has 1 aromatic heterocycles. The van der Waals surface area contributed by atoms with Crippen molar-refractivity contribution >= 4 is 32.9 Å². The molecule has 0 saturated carbocycles. The van der Waals surface area contributed by atoms with Crippen molar-refractivity contribution in [2.45, 2.75) is 0 Å². The van der Waals surface area contributed by atoms with E-state index in [9.17, 15) is 4.79 Å². The maximum Gasteiger partial charge on any atom is 0.336 e. The number of rotatable bonds is 1. The number of carbonyl (C=O) groups is 1. The topological polar surface area (TPSA) is 63.3 Å². The summed E-state index contributed by atoms with van der Waals surface area (Å²) in [6.45, 7) is 0. The molecule has 0 saturated heterocycles. The van der Waals surface area contributed by atoms with Crippen LogP contribution in [0.4, 0.5) is 0 Å². The molecule has 66 valence electrons. The first-order chi connectivity index (χ1) is 6.20. The second-order valence-corrected chi connectivity index (χ2v) is 3.27. The van der Waals surface area contributed by atoms with E-state index < -0.39 is 5.97 Å². The summed E-state index contributed by atoms with van der Waals surface area (Å²) >= 11 is 3.15. The lowest BCUT2D eigenvalue weighted by atomic mass is 10.2. The minimum Gasteiger partial charge on any atom is -0.478 e. The number of carboxylic acids is 1. The zero-order chi connectivity index (χ0) is 9.42. The molecule has 2 rings (SSSR count). The van der Waals surface area contributed by atoms with Gasteiger partial charge in [0.05, 0.1) is 16.2 Å². The zero-order valence-electron chi connectivity index (χ0n) is 6.32. The van der Waals surface area contributed by atoms with Gasteiger partial charge in [0.15, 0.2) is 5.58 Å². The van der Waals surface area contributed by atoms with Crippen LogP contribution in [-0.4, -0.2) is 16.2 Å². The number of aromatic nitrogens is 1. The van der Waals surface area contributed by atoms with Crippen LogP contribution in [0.15, 0.2) is 27.3 Å². The third-order valence-corrected chi connectivity index (χ3v) is 2.48. The van der Waals surface area contributed by atoms with Crippen LogP contribution in [0.2, 0.25) is 0 Å².